The Balaban J connectivity index is 2.91. The van der Waals surface area contributed by atoms with E-state index in [1.165, 1.54) is 44.9 Å². The van der Waals surface area contributed by atoms with Crippen molar-refractivity contribution in [3.63, 3.8) is 0 Å². The molecular weight excluding hydrogens is 162 g/mol. The predicted molar refractivity (Wildman–Crippen MR) is 56.4 cm³/mol. The van der Waals surface area contributed by atoms with Crippen molar-refractivity contribution in [2.45, 2.75) is 64.3 Å². The van der Waals surface area contributed by atoms with E-state index in [4.69, 9.17) is 5.11 Å². The van der Waals surface area contributed by atoms with Gasteiger partial charge in [0.25, 0.3) is 0 Å². The summed E-state index contributed by atoms with van der Waals surface area (Å²) in [6, 6.07) is 0.260. The highest BCUT2D eigenvalue weighted by Crippen LogP contribution is 2.08. The molecule has 0 saturated heterocycles. The maximum absolute atomic E-state index is 8.74. The molecule has 0 aromatic rings. The fraction of sp³-hybridized carbons (Fsp3) is 1.00. The molecule has 0 heterocycles. The standard InChI is InChI=1S/C11H25NO/c1-2-3-4-5-6-7-8-9-11(12)10-13/h11,13H,2-10,12H2,1H3/p+1. The van der Waals surface area contributed by atoms with Crippen molar-refractivity contribution in [1.29, 1.82) is 0 Å². The highest BCUT2D eigenvalue weighted by molar-refractivity contribution is 4.52. The van der Waals surface area contributed by atoms with Crippen LogP contribution in [0.4, 0.5) is 0 Å². The first kappa shape index (κ1) is 12.9. The van der Waals surface area contributed by atoms with Crippen LogP contribution in [0.15, 0.2) is 0 Å². The first-order valence-corrected chi connectivity index (χ1v) is 5.75. The largest absolute Gasteiger partial charge is 0.390 e. The number of aliphatic hydroxyl groups excluding tert-OH is 1. The normalized spacial score (nSPS) is 13.2. The molecule has 0 aliphatic rings. The zero-order valence-corrected chi connectivity index (χ0v) is 9.10. The summed E-state index contributed by atoms with van der Waals surface area (Å²) in [5.41, 5.74) is 3.85. The smallest absolute Gasteiger partial charge is 0.108 e. The summed E-state index contributed by atoms with van der Waals surface area (Å²) in [5, 5.41) is 8.74. The molecular formula is C11H26NO+. The van der Waals surface area contributed by atoms with Crippen molar-refractivity contribution in [3.8, 4) is 0 Å². The summed E-state index contributed by atoms with van der Waals surface area (Å²) in [6.45, 7) is 2.49. The van der Waals surface area contributed by atoms with Gasteiger partial charge in [0.2, 0.25) is 0 Å². The Kier molecular flexibility index (Phi) is 9.94. The topological polar surface area (TPSA) is 47.9 Å². The minimum Gasteiger partial charge on any atom is -0.390 e. The van der Waals surface area contributed by atoms with E-state index in [1.54, 1.807) is 0 Å². The average molecular weight is 188 g/mol. The Morgan fingerprint density at radius 1 is 1.00 bits per heavy atom. The molecule has 0 aliphatic carbocycles. The number of quaternary nitrogens is 1. The van der Waals surface area contributed by atoms with E-state index in [1.807, 2.05) is 0 Å². The Labute approximate surface area is 82.5 Å². The summed E-state index contributed by atoms with van der Waals surface area (Å²) in [6.07, 6.45) is 10.5. The fourth-order valence-electron chi connectivity index (χ4n) is 1.48. The number of unbranched alkanes of at least 4 members (excludes halogenated alkanes) is 6. The van der Waals surface area contributed by atoms with Crippen LogP contribution in [0.2, 0.25) is 0 Å². The van der Waals surface area contributed by atoms with Crippen LogP contribution in [-0.2, 0) is 0 Å². The Morgan fingerprint density at radius 3 is 2.08 bits per heavy atom. The van der Waals surface area contributed by atoms with E-state index in [-0.39, 0.29) is 12.6 Å². The van der Waals surface area contributed by atoms with Gasteiger partial charge in [0, 0.05) is 6.42 Å². The molecule has 13 heavy (non-hydrogen) atoms. The summed E-state index contributed by atoms with van der Waals surface area (Å²) >= 11 is 0. The minimum absolute atomic E-state index is 0.246. The van der Waals surface area contributed by atoms with Crippen LogP contribution < -0.4 is 5.73 Å². The second-order valence-electron chi connectivity index (χ2n) is 3.96. The van der Waals surface area contributed by atoms with Gasteiger partial charge in [-0.05, 0) is 6.42 Å². The van der Waals surface area contributed by atoms with Gasteiger partial charge in [0.05, 0.1) is 6.61 Å². The van der Waals surface area contributed by atoms with Crippen molar-refractivity contribution >= 4 is 0 Å². The van der Waals surface area contributed by atoms with Gasteiger partial charge < -0.3 is 10.8 Å². The molecule has 80 valence electrons. The van der Waals surface area contributed by atoms with Crippen LogP contribution >= 0.6 is 0 Å². The lowest BCUT2D eigenvalue weighted by molar-refractivity contribution is -0.426. The monoisotopic (exact) mass is 188 g/mol. The molecule has 0 aromatic carbocycles. The fourth-order valence-corrected chi connectivity index (χ4v) is 1.48. The molecule has 1 atom stereocenters. The van der Waals surface area contributed by atoms with Crippen LogP contribution in [0.1, 0.15) is 58.3 Å². The van der Waals surface area contributed by atoms with Gasteiger partial charge in [0.1, 0.15) is 6.04 Å². The average Bonchev–Trinajstić information content (AvgIpc) is 2.16. The number of hydrogen-bond donors (Lipinski definition) is 2. The molecule has 0 aliphatic heterocycles. The van der Waals surface area contributed by atoms with Crippen LogP contribution in [0.25, 0.3) is 0 Å². The predicted octanol–water partition coefficient (Wildman–Crippen LogP) is 1.73. The molecule has 0 spiro atoms. The maximum Gasteiger partial charge on any atom is 0.108 e. The highest BCUT2D eigenvalue weighted by Gasteiger charge is 2.02. The molecule has 0 radical (unpaired) electrons. The van der Waals surface area contributed by atoms with E-state index in [0.717, 1.165) is 6.42 Å². The molecule has 0 bridgehead atoms. The Bertz CT molecular complexity index is 96.1. The Morgan fingerprint density at radius 2 is 1.54 bits per heavy atom. The quantitative estimate of drug-likeness (QED) is 0.532. The third-order valence-electron chi connectivity index (χ3n) is 2.47. The molecule has 0 saturated carbocycles. The van der Waals surface area contributed by atoms with E-state index in [0.29, 0.717) is 0 Å². The number of rotatable bonds is 9. The molecule has 0 aromatic heterocycles. The van der Waals surface area contributed by atoms with Crippen LogP contribution in [0.5, 0.6) is 0 Å². The van der Waals surface area contributed by atoms with Crippen molar-refractivity contribution in [2.24, 2.45) is 0 Å². The number of hydrogen-bond acceptors (Lipinski definition) is 1. The van der Waals surface area contributed by atoms with Crippen LogP contribution in [-0.4, -0.2) is 17.8 Å². The van der Waals surface area contributed by atoms with E-state index in [2.05, 4.69) is 12.7 Å². The Hall–Kier alpha value is -0.0800. The molecule has 2 heteroatoms. The van der Waals surface area contributed by atoms with Gasteiger partial charge in [-0.25, -0.2) is 0 Å². The van der Waals surface area contributed by atoms with Gasteiger partial charge in [0.15, 0.2) is 0 Å². The van der Waals surface area contributed by atoms with Crippen LogP contribution in [0, 0.1) is 0 Å². The van der Waals surface area contributed by atoms with Gasteiger partial charge in [-0.2, -0.15) is 0 Å². The lowest BCUT2D eigenvalue weighted by atomic mass is 10.1. The van der Waals surface area contributed by atoms with E-state index < -0.39 is 0 Å². The molecule has 0 amide bonds. The van der Waals surface area contributed by atoms with E-state index in [9.17, 15) is 0 Å². The zero-order chi connectivity index (χ0) is 9.94. The summed E-state index contributed by atoms with van der Waals surface area (Å²) in [4.78, 5) is 0. The van der Waals surface area contributed by atoms with E-state index >= 15 is 0 Å². The molecule has 0 rings (SSSR count). The SMILES string of the molecule is CCCCCCCCCC([NH3+])CO. The van der Waals surface area contributed by atoms with Crippen molar-refractivity contribution < 1.29 is 10.8 Å². The highest BCUT2D eigenvalue weighted by atomic mass is 16.3. The first-order valence-electron chi connectivity index (χ1n) is 5.75. The third kappa shape index (κ3) is 9.84. The summed E-state index contributed by atoms with van der Waals surface area (Å²) in [5.74, 6) is 0. The maximum atomic E-state index is 8.74. The van der Waals surface area contributed by atoms with Gasteiger partial charge in [-0.1, -0.05) is 45.4 Å². The van der Waals surface area contributed by atoms with Gasteiger partial charge in [-0.3, -0.25) is 0 Å². The molecule has 0 fully saturated rings. The summed E-state index contributed by atoms with van der Waals surface area (Å²) in [7, 11) is 0. The van der Waals surface area contributed by atoms with Crippen LogP contribution in [0.3, 0.4) is 0 Å². The zero-order valence-electron chi connectivity index (χ0n) is 9.10. The molecule has 2 nitrogen and oxygen atoms in total. The van der Waals surface area contributed by atoms with Gasteiger partial charge >= 0.3 is 0 Å². The summed E-state index contributed by atoms with van der Waals surface area (Å²) < 4.78 is 0. The lowest BCUT2D eigenvalue weighted by Gasteiger charge is -2.04. The van der Waals surface area contributed by atoms with Crippen molar-refractivity contribution in [2.75, 3.05) is 6.61 Å². The lowest BCUT2D eigenvalue weighted by Crippen LogP contribution is -2.62. The third-order valence-corrected chi connectivity index (χ3v) is 2.47. The first-order chi connectivity index (χ1) is 6.31. The second kappa shape index (κ2) is 10.0. The molecule has 1 unspecified atom stereocenters. The van der Waals surface area contributed by atoms with Gasteiger partial charge in [-0.15, -0.1) is 0 Å². The van der Waals surface area contributed by atoms with Crippen molar-refractivity contribution in [1.82, 2.24) is 0 Å². The minimum atomic E-state index is 0.246. The van der Waals surface area contributed by atoms with Crippen molar-refractivity contribution in [3.05, 3.63) is 0 Å². The second-order valence-corrected chi connectivity index (χ2v) is 3.96. The molecule has 4 N–H and O–H groups in total. The number of aliphatic hydroxyl groups is 1.